The van der Waals surface area contributed by atoms with Crippen LogP contribution in [-0.4, -0.2) is 31.8 Å². The Kier molecular flexibility index (Phi) is 5.42. The van der Waals surface area contributed by atoms with Crippen LogP contribution in [0.2, 0.25) is 0 Å². The van der Waals surface area contributed by atoms with Crippen molar-refractivity contribution in [1.82, 2.24) is 24.7 Å². The fourth-order valence-corrected chi connectivity index (χ4v) is 2.97. The maximum atomic E-state index is 13.3. The van der Waals surface area contributed by atoms with E-state index in [1.165, 1.54) is 12.1 Å². The number of amides is 1. The van der Waals surface area contributed by atoms with E-state index in [-0.39, 0.29) is 11.7 Å². The summed E-state index contributed by atoms with van der Waals surface area (Å²) in [6.07, 6.45) is 8.79. The summed E-state index contributed by atoms with van der Waals surface area (Å²) in [4.78, 5) is 24.8. The Labute approximate surface area is 166 Å². The molecule has 0 unspecified atom stereocenters. The van der Waals surface area contributed by atoms with Crippen molar-refractivity contribution >= 4 is 17.4 Å². The van der Waals surface area contributed by atoms with E-state index in [1.807, 2.05) is 16.5 Å². The van der Waals surface area contributed by atoms with E-state index in [0.717, 1.165) is 16.9 Å². The van der Waals surface area contributed by atoms with Crippen LogP contribution < -0.4 is 10.6 Å². The number of aromatic nitrogens is 4. The lowest BCUT2D eigenvalue weighted by Crippen LogP contribution is -2.25. The summed E-state index contributed by atoms with van der Waals surface area (Å²) >= 11 is 0. The molecule has 0 spiro atoms. The van der Waals surface area contributed by atoms with E-state index in [9.17, 15) is 9.18 Å². The lowest BCUT2D eigenvalue weighted by atomic mass is 10.1. The first-order chi connectivity index (χ1) is 14.2. The van der Waals surface area contributed by atoms with Crippen LogP contribution in [0.1, 0.15) is 12.0 Å². The van der Waals surface area contributed by atoms with Crippen LogP contribution in [-0.2, 0) is 11.3 Å². The third kappa shape index (κ3) is 4.37. The van der Waals surface area contributed by atoms with Gasteiger partial charge in [0.1, 0.15) is 17.3 Å². The number of fused-ring (bicyclic) bond motifs is 1. The molecule has 0 aliphatic heterocycles. The van der Waals surface area contributed by atoms with Gasteiger partial charge in [-0.05, 0) is 42.0 Å². The Morgan fingerprint density at radius 1 is 1.03 bits per heavy atom. The maximum Gasteiger partial charge on any atom is 0.222 e. The van der Waals surface area contributed by atoms with Crippen molar-refractivity contribution in [3.05, 3.63) is 78.8 Å². The molecule has 0 saturated carbocycles. The highest BCUT2D eigenvalue weighted by atomic mass is 19.1. The van der Waals surface area contributed by atoms with E-state index in [1.54, 1.807) is 43.1 Å². The van der Waals surface area contributed by atoms with E-state index >= 15 is 0 Å². The monoisotopic (exact) mass is 390 g/mol. The predicted molar refractivity (Wildman–Crippen MR) is 108 cm³/mol. The highest BCUT2D eigenvalue weighted by Gasteiger charge is 2.14. The lowest BCUT2D eigenvalue weighted by molar-refractivity contribution is -0.121. The van der Waals surface area contributed by atoms with E-state index in [2.05, 4.69) is 25.6 Å². The van der Waals surface area contributed by atoms with Gasteiger partial charge in [0.2, 0.25) is 5.91 Å². The second-order valence-corrected chi connectivity index (χ2v) is 6.43. The molecular weight excluding hydrogens is 371 g/mol. The Morgan fingerprint density at radius 3 is 2.62 bits per heavy atom. The molecule has 4 aromatic rings. The molecule has 8 heteroatoms. The first-order valence-corrected chi connectivity index (χ1v) is 9.18. The van der Waals surface area contributed by atoms with Gasteiger partial charge >= 0.3 is 0 Å². The molecule has 3 aromatic heterocycles. The molecule has 1 aromatic carbocycles. The summed E-state index contributed by atoms with van der Waals surface area (Å²) in [5.41, 5.74) is 3.11. The molecule has 1 amide bonds. The SMILES string of the molecule is O=C(CCNc1c(-c2ccc(F)cc2)nc2cnccn12)NCc1ccncc1. The van der Waals surface area contributed by atoms with Gasteiger partial charge < -0.3 is 10.6 Å². The van der Waals surface area contributed by atoms with Gasteiger partial charge in [0.15, 0.2) is 5.65 Å². The highest BCUT2D eigenvalue weighted by Crippen LogP contribution is 2.28. The number of carbonyl (C=O) groups excluding carboxylic acids is 1. The van der Waals surface area contributed by atoms with Crippen LogP contribution in [0.3, 0.4) is 0 Å². The number of benzene rings is 1. The summed E-state index contributed by atoms with van der Waals surface area (Å²) < 4.78 is 15.2. The average Bonchev–Trinajstić information content (AvgIpc) is 3.12. The summed E-state index contributed by atoms with van der Waals surface area (Å²) in [6.45, 7) is 0.885. The van der Waals surface area contributed by atoms with Crippen LogP contribution in [0.5, 0.6) is 0 Å². The van der Waals surface area contributed by atoms with Gasteiger partial charge in [0.25, 0.3) is 0 Å². The third-order valence-corrected chi connectivity index (χ3v) is 4.43. The normalized spacial score (nSPS) is 10.8. The van der Waals surface area contributed by atoms with Gasteiger partial charge in [-0.2, -0.15) is 0 Å². The van der Waals surface area contributed by atoms with Crippen molar-refractivity contribution in [2.24, 2.45) is 0 Å². The van der Waals surface area contributed by atoms with Crippen molar-refractivity contribution in [2.45, 2.75) is 13.0 Å². The van der Waals surface area contributed by atoms with Crippen LogP contribution in [0.15, 0.2) is 67.4 Å². The Balaban J connectivity index is 1.45. The molecule has 0 saturated heterocycles. The number of nitrogens with zero attached hydrogens (tertiary/aromatic N) is 4. The Morgan fingerprint density at radius 2 is 1.83 bits per heavy atom. The first-order valence-electron chi connectivity index (χ1n) is 9.18. The molecule has 146 valence electrons. The van der Waals surface area contributed by atoms with Gasteiger partial charge in [0, 0.05) is 49.9 Å². The second kappa shape index (κ2) is 8.47. The van der Waals surface area contributed by atoms with Gasteiger partial charge in [-0.1, -0.05) is 0 Å². The van der Waals surface area contributed by atoms with Crippen LogP contribution in [0.25, 0.3) is 16.9 Å². The number of hydrogen-bond donors (Lipinski definition) is 2. The minimum atomic E-state index is -0.306. The number of anilines is 1. The van der Waals surface area contributed by atoms with Gasteiger partial charge in [0.05, 0.1) is 6.20 Å². The van der Waals surface area contributed by atoms with E-state index in [0.29, 0.717) is 30.9 Å². The second-order valence-electron chi connectivity index (χ2n) is 6.43. The van der Waals surface area contributed by atoms with Crippen molar-refractivity contribution in [3.63, 3.8) is 0 Å². The number of pyridine rings is 1. The number of imidazole rings is 1. The topological polar surface area (TPSA) is 84.2 Å². The fraction of sp³-hybridized carbons (Fsp3) is 0.143. The maximum absolute atomic E-state index is 13.3. The minimum absolute atomic E-state index is 0.0619. The molecule has 0 fully saturated rings. The zero-order valence-corrected chi connectivity index (χ0v) is 15.5. The molecule has 0 aliphatic rings. The molecule has 29 heavy (non-hydrogen) atoms. The van der Waals surface area contributed by atoms with E-state index < -0.39 is 0 Å². The molecule has 0 aliphatic carbocycles. The minimum Gasteiger partial charge on any atom is -0.369 e. The van der Waals surface area contributed by atoms with E-state index in [4.69, 9.17) is 0 Å². The first kappa shape index (κ1) is 18.5. The zero-order chi connectivity index (χ0) is 20.1. The molecular formula is C21H19FN6O. The fourth-order valence-electron chi connectivity index (χ4n) is 2.97. The van der Waals surface area contributed by atoms with Crippen molar-refractivity contribution in [2.75, 3.05) is 11.9 Å². The molecule has 7 nitrogen and oxygen atoms in total. The van der Waals surface area contributed by atoms with Crippen molar-refractivity contribution < 1.29 is 9.18 Å². The predicted octanol–water partition coefficient (Wildman–Crippen LogP) is 3.05. The molecule has 0 radical (unpaired) electrons. The standard InChI is InChI=1S/C21H19FN6O/c22-17-3-1-16(2-4-17)20-21(28-12-11-24-14-18(28)27-20)25-10-7-19(29)26-13-15-5-8-23-9-6-15/h1-6,8-9,11-12,14,25H,7,10,13H2,(H,26,29). The molecule has 0 bridgehead atoms. The van der Waals surface area contributed by atoms with Crippen LogP contribution >= 0.6 is 0 Å². The number of hydrogen-bond acceptors (Lipinski definition) is 5. The molecule has 3 heterocycles. The molecule has 0 atom stereocenters. The average molecular weight is 390 g/mol. The summed E-state index contributed by atoms with van der Waals surface area (Å²) in [6, 6.07) is 9.87. The van der Waals surface area contributed by atoms with Gasteiger partial charge in [-0.3, -0.25) is 19.2 Å². The van der Waals surface area contributed by atoms with Crippen molar-refractivity contribution in [1.29, 1.82) is 0 Å². The van der Waals surface area contributed by atoms with Crippen molar-refractivity contribution in [3.8, 4) is 11.3 Å². The zero-order valence-electron chi connectivity index (χ0n) is 15.5. The highest BCUT2D eigenvalue weighted by molar-refractivity contribution is 5.78. The number of rotatable bonds is 7. The smallest absolute Gasteiger partial charge is 0.222 e. The Bertz CT molecular complexity index is 1110. The summed E-state index contributed by atoms with van der Waals surface area (Å²) in [5.74, 6) is 0.364. The summed E-state index contributed by atoms with van der Waals surface area (Å²) in [5, 5.41) is 6.17. The quantitative estimate of drug-likeness (QED) is 0.507. The lowest BCUT2D eigenvalue weighted by Gasteiger charge is -2.09. The third-order valence-electron chi connectivity index (χ3n) is 4.43. The molecule has 4 rings (SSSR count). The number of nitrogens with one attached hydrogen (secondary N) is 2. The van der Waals surface area contributed by atoms with Crippen LogP contribution in [0, 0.1) is 5.82 Å². The molecule has 2 N–H and O–H groups in total. The number of carbonyl (C=O) groups is 1. The van der Waals surface area contributed by atoms with Gasteiger partial charge in [-0.25, -0.2) is 9.37 Å². The Hall–Kier alpha value is -3.81. The number of halogens is 1. The largest absolute Gasteiger partial charge is 0.369 e. The van der Waals surface area contributed by atoms with Gasteiger partial charge in [-0.15, -0.1) is 0 Å². The summed E-state index contributed by atoms with van der Waals surface area (Å²) in [7, 11) is 0. The van der Waals surface area contributed by atoms with Crippen LogP contribution in [0.4, 0.5) is 10.2 Å².